The Bertz CT molecular complexity index is 586. The third kappa shape index (κ3) is 3.65. The van der Waals surface area contributed by atoms with Gasteiger partial charge in [0.15, 0.2) is 11.5 Å². The van der Waals surface area contributed by atoms with Gasteiger partial charge >= 0.3 is 0 Å². The number of rotatable bonds is 4. The Morgan fingerprint density at radius 3 is 2.20 bits per heavy atom. The highest BCUT2D eigenvalue weighted by Gasteiger charge is 2.04. The first-order valence-electron chi connectivity index (χ1n) is 5.86. The van der Waals surface area contributed by atoms with Crippen molar-refractivity contribution >= 4 is 23.9 Å². The van der Waals surface area contributed by atoms with Gasteiger partial charge in [0.25, 0.3) is 0 Å². The summed E-state index contributed by atoms with van der Waals surface area (Å²) in [4.78, 5) is 4.37. The average Bonchev–Trinajstić information content (AvgIpc) is 2.48. The molecule has 0 heterocycles. The Kier molecular flexibility index (Phi) is 5.87. The number of aliphatic imine (C=N–C) groups is 1. The number of ether oxygens (including phenoxy) is 2. The summed E-state index contributed by atoms with van der Waals surface area (Å²) >= 11 is 0. The predicted octanol–water partition coefficient (Wildman–Crippen LogP) is 3.16. The van der Waals surface area contributed by atoms with E-state index < -0.39 is 0 Å². The lowest BCUT2D eigenvalue weighted by atomic mass is 10.2. The smallest absolute Gasteiger partial charge is 0.162 e. The van der Waals surface area contributed by atoms with Gasteiger partial charge in [-0.05, 0) is 12.1 Å². The Morgan fingerprint density at radius 1 is 0.950 bits per heavy atom. The number of nitrogens with two attached hydrogens (primary N) is 1. The Morgan fingerprint density at radius 2 is 1.60 bits per heavy atom. The summed E-state index contributed by atoms with van der Waals surface area (Å²) < 4.78 is 10.4. The number of hydrogen-bond donors (Lipinski definition) is 1. The second-order valence-electron chi connectivity index (χ2n) is 3.90. The van der Waals surface area contributed by atoms with Crippen LogP contribution in [0.1, 0.15) is 5.56 Å². The first-order valence-corrected chi connectivity index (χ1v) is 5.86. The third-order valence-corrected chi connectivity index (χ3v) is 2.69. The summed E-state index contributed by atoms with van der Waals surface area (Å²) in [6.07, 6.45) is 0. The van der Waals surface area contributed by atoms with Crippen molar-refractivity contribution in [3.05, 3.63) is 54.1 Å². The van der Waals surface area contributed by atoms with Crippen molar-refractivity contribution in [1.29, 1.82) is 0 Å². The lowest BCUT2D eigenvalue weighted by Gasteiger charge is -2.08. The van der Waals surface area contributed by atoms with Crippen molar-refractivity contribution in [2.45, 2.75) is 0 Å². The Hall–Kier alpha value is -2.20. The van der Waals surface area contributed by atoms with E-state index in [2.05, 4.69) is 4.99 Å². The molecule has 0 saturated heterocycles. The molecule has 4 nitrogen and oxygen atoms in total. The van der Waals surface area contributed by atoms with Gasteiger partial charge in [-0.3, -0.25) is 0 Å². The second kappa shape index (κ2) is 7.40. The van der Waals surface area contributed by atoms with Gasteiger partial charge in [0, 0.05) is 11.6 Å². The Labute approximate surface area is 124 Å². The maximum atomic E-state index is 5.97. The molecule has 2 rings (SSSR count). The van der Waals surface area contributed by atoms with Gasteiger partial charge in [0.05, 0.1) is 19.9 Å². The van der Waals surface area contributed by atoms with Crippen LogP contribution in [0, 0.1) is 0 Å². The molecule has 5 heteroatoms. The minimum Gasteiger partial charge on any atom is -0.493 e. The van der Waals surface area contributed by atoms with E-state index in [1.54, 1.807) is 26.4 Å². The van der Waals surface area contributed by atoms with Gasteiger partial charge in [0.1, 0.15) is 5.84 Å². The van der Waals surface area contributed by atoms with Crippen molar-refractivity contribution in [2.24, 2.45) is 10.7 Å². The van der Waals surface area contributed by atoms with Crippen LogP contribution in [0.4, 0.5) is 5.69 Å². The van der Waals surface area contributed by atoms with E-state index in [9.17, 15) is 0 Å². The van der Waals surface area contributed by atoms with Gasteiger partial charge in [0.2, 0.25) is 0 Å². The molecular formula is C15H17ClN2O2. The topological polar surface area (TPSA) is 56.8 Å². The highest BCUT2D eigenvalue weighted by Crippen LogP contribution is 2.31. The third-order valence-electron chi connectivity index (χ3n) is 2.69. The van der Waals surface area contributed by atoms with Crippen LogP contribution in [0.5, 0.6) is 11.5 Å². The van der Waals surface area contributed by atoms with E-state index >= 15 is 0 Å². The van der Waals surface area contributed by atoms with E-state index in [1.807, 2.05) is 36.4 Å². The minimum absolute atomic E-state index is 0. The summed E-state index contributed by atoms with van der Waals surface area (Å²) in [6.45, 7) is 0. The van der Waals surface area contributed by atoms with Crippen molar-refractivity contribution in [3.8, 4) is 11.5 Å². The average molecular weight is 293 g/mol. The van der Waals surface area contributed by atoms with Crippen LogP contribution >= 0.6 is 12.4 Å². The van der Waals surface area contributed by atoms with Crippen molar-refractivity contribution < 1.29 is 9.47 Å². The van der Waals surface area contributed by atoms with Crippen molar-refractivity contribution in [3.63, 3.8) is 0 Å². The molecule has 0 aromatic heterocycles. The van der Waals surface area contributed by atoms with E-state index in [0.29, 0.717) is 17.3 Å². The van der Waals surface area contributed by atoms with Crippen LogP contribution in [0.25, 0.3) is 0 Å². The summed E-state index contributed by atoms with van der Waals surface area (Å²) in [6, 6.07) is 15.0. The number of amidine groups is 1. The van der Waals surface area contributed by atoms with Crippen LogP contribution in [0.2, 0.25) is 0 Å². The zero-order valence-electron chi connectivity index (χ0n) is 11.4. The molecule has 0 radical (unpaired) electrons. The molecule has 0 amide bonds. The van der Waals surface area contributed by atoms with Crippen LogP contribution < -0.4 is 15.2 Å². The highest BCUT2D eigenvalue weighted by atomic mass is 35.5. The van der Waals surface area contributed by atoms with E-state index in [0.717, 1.165) is 11.3 Å². The highest BCUT2D eigenvalue weighted by molar-refractivity contribution is 5.99. The number of hydrogen-bond acceptors (Lipinski definition) is 3. The summed E-state index contributed by atoms with van der Waals surface area (Å²) in [5.41, 5.74) is 7.57. The normalized spacial score (nSPS) is 10.6. The predicted molar refractivity (Wildman–Crippen MR) is 83.6 cm³/mol. The van der Waals surface area contributed by atoms with Crippen LogP contribution in [-0.2, 0) is 0 Å². The number of nitrogens with zero attached hydrogens (tertiary/aromatic N) is 1. The van der Waals surface area contributed by atoms with E-state index in [4.69, 9.17) is 15.2 Å². The van der Waals surface area contributed by atoms with E-state index in [1.165, 1.54) is 0 Å². The molecule has 106 valence electrons. The molecule has 0 fully saturated rings. The van der Waals surface area contributed by atoms with Gasteiger partial charge in [-0.2, -0.15) is 0 Å². The van der Waals surface area contributed by atoms with E-state index in [-0.39, 0.29) is 12.4 Å². The minimum atomic E-state index is 0. The van der Waals surface area contributed by atoms with Crippen molar-refractivity contribution in [1.82, 2.24) is 0 Å². The second-order valence-corrected chi connectivity index (χ2v) is 3.90. The molecule has 0 spiro atoms. The summed E-state index contributed by atoms with van der Waals surface area (Å²) in [5.74, 6) is 1.76. The fraction of sp³-hybridized carbons (Fsp3) is 0.133. The molecule has 2 aromatic carbocycles. The zero-order chi connectivity index (χ0) is 13.7. The molecule has 2 aromatic rings. The molecule has 2 N–H and O–H groups in total. The van der Waals surface area contributed by atoms with Gasteiger partial charge < -0.3 is 15.2 Å². The summed E-state index contributed by atoms with van der Waals surface area (Å²) in [7, 11) is 3.19. The molecule has 0 saturated carbocycles. The largest absolute Gasteiger partial charge is 0.493 e. The molecule has 0 aliphatic heterocycles. The lowest BCUT2D eigenvalue weighted by Crippen LogP contribution is -2.12. The molecule has 0 bridgehead atoms. The van der Waals surface area contributed by atoms with Crippen LogP contribution in [0.15, 0.2) is 53.5 Å². The lowest BCUT2D eigenvalue weighted by molar-refractivity contribution is 0.355. The fourth-order valence-electron chi connectivity index (χ4n) is 1.71. The van der Waals surface area contributed by atoms with Gasteiger partial charge in [-0.1, -0.05) is 30.3 Å². The molecule has 0 aliphatic carbocycles. The molecule has 0 aliphatic rings. The first kappa shape index (κ1) is 15.9. The van der Waals surface area contributed by atoms with Crippen LogP contribution in [-0.4, -0.2) is 20.1 Å². The number of methoxy groups -OCH3 is 2. The molecule has 20 heavy (non-hydrogen) atoms. The fourth-order valence-corrected chi connectivity index (χ4v) is 1.71. The van der Waals surface area contributed by atoms with Gasteiger partial charge in [-0.25, -0.2) is 4.99 Å². The van der Waals surface area contributed by atoms with Gasteiger partial charge in [-0.15, -0.1) is 12.4 Å². The maximum Gasteiger partial charge on any atom is 0.162 e. The molecular weight excluding hydrogens is 276 g/mol. The first-order chi connectivity index (χ1) is 9.24. The Balaban J connectivity index is 0.00000200. The summed E-state index contributed by atoms with van der Waals surface area (Å²) in [5, 5.41) is 0. The number of benzene rings is 2. The monoisotopic (exact) mass is 292 g/mol. The quantitative estimate of drug-likeness (QED) is 0.695. The molecule has 0 unspecified atom stereocenters. The number of halogens is 1. The SMILES string of the molecule is COc1ccc(N=C(N)c2ccccc2)cc1OC.Cl. The standard InChI is InChI=1S/C15H16N2O2.ClH/c1-18-13-9-8-12(10-14(13)19-2)17-15(16)11-6-4-3-5-7-11;/h3-10H,1-2H3,(H2,16,17);1H. The van der Waals surface area contributed by atoms with Crippen molar-refractivity contribution in [2.75, 3.05) is 14.2 Å². The molecule has 0 atom stereocenters. The zero-order valence-corrected chi connectivity index (χ0v) is 12.2. The maximum absolute atomic E-state index is 5.97. The van der Waals surface area contributed by atoms with Crippen LogP contribution in [0.3, 0.4) is 0 Å².